The fourth-order valence-corrected chi connectivity index (χ4v) is 3.56. The van der Waals surface area contributed by atoms with Crippen molar-refractivity contribution in [3.8, 4) is 0 Å². The zero-order valence-corrected chi connectivity index (χ0v) is 13.2. The zero-order valence-electron chi connectivity index (χ0n) is 11.7. The summed E-state index contributed by atoms with van der Waals surface area (Å²) in [5, 5.41) is 13.7. The van der Waals surface area contributed by atoms with Crippen molar-refractivity contribution in [3.05, 3.63) is 46.2 Å². The van der Waals surface area contributed by atoms with E-state index in [1.165, 1.54) is 12.1 Å². The maximum Gasteiger partial charge on any atom is 0.335 e. The Morgan fingerprint density at radius 1 is 1.38 bits per heavy atom. The summed E-state index contributed by atoms with van der Waals surface area (Å²) >= 11 is 6.23. The third kappa shape index (κ3) is 3.33. The van der Waals surface area contributed by atoms with Gasteiger partial charge in [-0.15, -0.1) is 0 Å². The highest BCUT2D eigenvalue weighted by atomic mass is 35.5. The van der Waals surface area contributed by atoms with Crippen LogP contribution in [0.4, 0.5) is 0 Å². The molecule has 0 saturated heterocycles. The number of rotatable bonds is 5. The number of benzene rings is 1. The molecule has 1 unspecified atom stereocenters. The van der Waals surface area contributed by atoms with Crippen molar-refractivity contribution in [1.82, 2.24) is 9.78 Å². The van der Waals surface area contributed by atoms with Gasteiger partial charge in [0.05, 0.1) is 38.5 Å². The Morgan fingerprint density at radius 3 is 2.48 bits per heavy atom. The highest BCUT2D eigenvalue weighted by Gasteiger charge is 2.16. The molecule has 0 aliphatic carbocycles. The Bertz CT molecular complexity index is 695. The number of hydrogen-bond acceptors (Lipinski definition) is 3. The molecule has 0 saturated carbocycles. The van der Waals surface area contributed by atoms with Gasteiger partial charge in [-0.05, 0) is 30.7 Å². The Labute approximate surface area is 130 Å². The topological polar surface area (TPSA) is 72.2 Å². The van der Waals surface area contributed by atoms with E-state index in [1.54, 1.807) is 23.9 Å². The maximum atomic E-state index is 12.4. The molecule has 0 amide bonds. The molecule has 1 atom stereocenters. The Hall–Kier alpha value is -1.66. The van der Waals surface area contributed by atoms with Crippen LogP contribution in [0.5, 0.6) is 0 Å². The van der Waals surface area contributed by atoms with Gasteiger partial charge in [-0.2, -0.15) is 5.10 Å². The molecule has 1 heterocycles. The first-order valence-corrected chi connectivity index (χ1v) is 8.05. The second-order valence-corrected chi connectivity index (χ2v) is 6.33. The molecule has 1 aromatic heterocycles. The molecule has 0 aliphatic rings. The lowest BCUT2D eigenvalue weighted by molar-refractivity contribution is 0.0697. The minimum absolute atomic E-state index is 0.169. The summed E-state index contributed by atoms with van der Waals surface area (Å²) in [7, 11) is 0.466. The van der Waals surface area contributed by atoms with Crippen LogP contribution in [0.2, 0.25) is 5.02 Å². The Balaban J connectivity index is 2.22. The van der Waals surface area contributed by atoms with Gasteiger partial charge in [-0.1, -0.05) is 18.5 Å². The summed E-state index contributed by atoms with van der Waals surface area (Å²) in [5.41, 5.74) is 1.67. The van der Waals surface area contributed by atoms with Gasteiger partial charge >= 0.3 is 5.97 Å². The summed E-state index contributed by atoms with van der Waals surface area (Å²) in [6.45, 7) is 1.96. The predicted molar refractivity (Wildman–Crippen MR) is 81.1 cm³/mol. The normalized spacial score (nSPS) is 12.3. The van der Waals surface area contributed by atoms with Crippen LogP contribution in [0.25, 0.3) is 0 Å². The number of nitrogens with zero attached hydrogens (tertiary/aromatic N) is 2. The smallest absolute Gasteiger partial charge is 0.335 e. The third-order valence-corrected chi connectivity index (χ3v) is 4.90. The fraction of sp³-hybridized carbons (Fsp3) is 0.286. The molecule has 0 fully saturated rings. The van der Waals surface area contributed by atoms with E-state index in [9.17, 15) is 9.00 Å². The first kappa shape index (κ1) is 15.7. The molecule has 0 radical (unpaired) electrons. The largest absolute Gasteiger partial charge is 0.478 e. The van der Waals surface area contributed by atoms with Crippen LogP contribution in [-0.2, 0) is 30.0 Å². The van der Waals surface area contributed by atoms with E-state index >= 15 is 0 Å². The van der Waals surface area contributed by atoms with Gasteiger partial charge in [0.25, 0.3) is 0 Å². The lowest BCUT2D eigenvalue weighted by Crippen LogP contribution is -2.04. The maximum absolute atomic E-state index is 12.4. The SMILES string of the molecule is CCc1nn(C)c(CS(=O)c2ccc(C(=O)O)cc2)c1Cl. The average Bonchev–Trinajstić information content (AvgIpc) is 2.74. The molecule has 5 nitrogen and oxygen atoms in total. The van der Waals surface area contributed by atoms with Crippen LogP contribution in [0, 0.1) is 0 Å². The summed E-state index contributed by atoms with van der Waals surface area (Å²) in [6, 6.07) is 6.00. The second-order valence-electron chi connectivity index (χ2n) is 4.50. The van der Waals surface area contributed by atoms with E-state index in [4.69, 9.17) is 16.7 Å². The minimum Gasteiger partial charge on any atom is -0.478 e. The number of carbonyl (C=O) groups is 1. The van der Waals surface area contributed by atoms with Crippen molar-refractivity contribution in [2.24, 2.45) is 7.05 Å². The molecule has 1 aromatic carbocycles. The summed E-state index contributed by atoms with van der Waals surface area (Å²) in [6.07, 6.45) is 0.715. The number of aryl methyl sites for hydroxylation is 2. The van der Waals surface area contributed by atoms with Crippen molar-refractivity contribution in [2.75, 3.05) is 0 Å². The monoisotopic (exact) mass is 326 g/mol. The lowest BCUT2D eigenvalue weighted by atomic mass is 10.2. The van der Waals surface area contributed by atoms with Crippen LogP contribution in [0.1, 0.15) is 28.7 Å². The number of carboxylic acid groups (broad SMARTS) is 1. The van der Waals surface area contributed by atoms with Crippen LogP contribution in [0.15, 0.2) is 29.2 Å². The molecule has 112 valence electrons. The molecular formula is C14H15ClN2O3S. The van der Waals surface area contributed by atoms with Gasteiger partial charge in [-0.25, -0.2) is 4.79 Å². The van der Waals surface area contributed by atoms with Crippen molar-refractivity contribution >= 4 is 28.4 Å². The lowest BCUT2D eigenvalue weighted by Gasteiger charge is -2.04. The Kier molecular flexibility index (Phi) is 4.80. The van der Waals surface area contributed by atoms with E-state index in [-0.39, 0.29) is 11.3 Å². The molecule has 21 heavy (non-hydrogen) atoms. The number of aromatic nitrogens is 2. The van der Waals surface area contributed by atoms with E-state index in [0.29, 0.717) is 22.0 Å². The van der Waals surface area contributed by atoms with E-state index in [2.05, 4.69) is 5.10 Å². The molecular weight excluding hydrogens is 312 g/mol. The van der Waals surface area contributed by atoms with Crippen LogP contribution >= 0.6 is 11.6 Å². The van der Waals surface area contributed by atoms with Gasteiger partial charge in [-0.3, -0.25) is 8.89 Å². The van der Waals surface area contributed by atoms with Gasteiger partial charge in [0.15, 0.2) is 0 Å². The highest BCUT2D eigenvalue weighted by Crippen LogP contribution is 2.23. The second kappa shape index (κ2) is 6.41. The van der Waals surface area contributed by atoms with Gasteiger partial charge < -0.3 is 5.11 Å². The van der Waals surface area contributed by atoms with Crippen molar-refractivity contribution in [3.63, 3.8) is 0 Å². The van der Waals surface area contributed by atoms with Gasteiger partial charge in [0.2, 0.25) is 0 Å². The van der Waals surface area contributed by atoms with Crippen LogP contribution < -0.4 is 0 Å². The first-order chi connectivity index (χ1) is 9.93. The van der Waals surface area contributed by atoms with Crippen LogP contribution in [0.3, 0.4) is 0 Å². The molecule has 7 heteroatoms. The van der Waals surface area contributed by atoms with E-state index < -0.39 is 16.8 Å². The molecule has 0 spiro atoms. The van der Waals surface area contributed by atoms with E-state index in [0.717, 1.165) is 5.69 Å². The minimum atomic E-state index is -1.30. The van der Waals surface area contributed by atoms with Crippen molar-refractivity contribution in [1.29, 1.82) is 0 Å². The van der Waals surface area contributed by atoms with Gasteiger partial charge in [0.1, 0.15) is 0 Å². The van der Waals surface area contributed by atoms with Crippen LogP contribution in [-0.4, -0.2) is 25.1 Å². The summed E-state index contributed by atoms with van der Waals surface area (Å²) < 4.78 is 14.0. The summed E-state index contributed by atoms with van der Waals surface area (Å²) in [5.74, 6) is -0.760. The average molecular weight is 327 g/mol. The molecule has 0 bridgehead atoms. The van der Waals surface area contributed by atoms with E-state index in [1.807, 2.05) is 6.92 Å². The number of aromatic carboxylic acids is 1. The molecule has 2 aromatic rings. The van der Waals surface area contributed by atoms with Crippen molar-refractivity contribution in [2.45, 2.75) is 24.0 Å². The fourth-order valence-electron chi connectivity index (χ4n) is 1.93. The zero-order chi connectivity index (χ0) is 15.6. The predicted octanol–water partition coefficient (Wildman–Crippen LogP) is 2.64. The first-order valence-electron chi connectivity index (χ1n) is 6.36. The number of halogens is 1. The standard InChI is InChI=1S/C14H15ClN2O3S/c1-3-11-13(15)12(17(2)16-11)8-21(20)10-6-4-9(5-7-10)14(18)19/h4-7H,3,8H2,1-2H3,(H,18,19). The molecule has 1 N–H and O–H groups in total. The number of carboxylic acids is 1. The third-order valence-electron chi connectivity index (χ3n) is 3.13. The quantitative estimate of drug-likeness (QED) is 0.916. The molecule has 0 aliphatic heterocycles. The highest BCUT2D eigenvalue weighted by molar-refractivity contribution is 7.84. The van der Waals surface area contributed by atoms with Gasteiger partial charge in [0, 0.05) is 11.9 Å². The van der Waals surface area contributed by atoms with Crippen molar-refractivity contribution < 1.29 is 14.1 Å². The number of hydrogen-bond donors (Lipinski definition) is 1. The summed E-state index contributed by atoms with van der Waals surface area (Å²) in [4.78, 5) is 11.4. The molecule has 2 rings (SSSR count). The Morgan fingerprint density at radius 2 is 2.00 bits per heavy atom.